The third-order valence-corrected chi connectivity index (χ3v) is 2.93. The Hall–Kier alpha value is -0.715. The first-order valence-electron chi connectivity index (χ1n) is 5.74. The highest BCUT2D eigenvalue weighted by Gasteiger charge is 2.33. The lowest BCUT2D eigenvalue weighted by molar-refractivity contribution is -0.897. The first-order chi connectivity index (χ1) is 7.42. The van der Waals surface area contributed by atoms with Crippen LogP contribution >= 0.6 is 0 Å². The summed E-state index contributed by atoms with van der Waals surface area (Å²) in [5.41, 5.74) is 0. The van der Waals surface area contributed by atoms with Crippen LogP contribution in [0.2, 0.25) is 0 Å². The van der Waals surface area contributed by atoms with Gasteiger partial charge >= 0.3 is 6.98 Å². The highest BCUT2D eigenvalue weighted by molar-refractivity contribution is 6.58. The maximum absolute atomic E-state index is 12.2. The third-order valence-electron chi connectivity index (χ3n) is 2.93. The zero-order chi connectivity index (χ0) is 12.2. The molecule has 0 bridgehead atoms. The van der Waals surface area contributed by atoms with Gasteiger partial charge in [0.15, 0.2) is 0 Å². The van der Waals surface area contributed by atoms with Gasteiger partial charge in [-0.15, -0.1) is 0 Å². The van der Waals surface area contributed by atoms with E-state index in [1.807, 2.05) is 6.92 Å². The van der Waals surface area contributed by atoms with Crippen LogP contribution in [0, 0.1) is 5.92 Å². The molecular weight excluding hydrogens is 220 g/mol. The van der Waals surface area contributed by atoms with Crippen LogP contribution in [0.3, 0.4) is 0 Å². The smallest absolute Gasteiger partial charge is 0.445 e. The largest absolute Gasteiger partial charge is 0.531 e. The Kier molecular flexibility index (Phi) is 4.64. The molecule has 3 nitrogen and oxygen atoms in total. The van der Waals surface area contributed by atoms with Crippen LogP contribution in [-0.2, 0) is 4.79 Å². The number of hydrogen-bond donors (Lipinski definition) is 2. The summed E-state index contributed by atoms with van der Waals surface area (Å²) in [5, 5.41) is 2.71. The number of nitrogens with one attached hydrogen (secondary N) is 2. The van der Waals surface area contributed by atoms with Gasteiger partial charge in [0.25, 0.3) is 0 Å². The summed E-state index contributed by atoms with van der Waals surface area (Å²) in [5.74, 6) is -0.108. The predicted octanol–water partition coefficient (Wildman–Crippen LogP) is -0.196. The fraction of sp³-hybridized carbons (Fsp3) is 0.889. The molecule has 0 radical (unpaired) electrons. The molecule has 1 heterocycles. The summed E-state index contributed by atoms with van der Waals surface area (Å²) in [4.78, 5) is 12.0. The van der Waals surface area contributed by atoms with E-state index in [-0.39, 0.29) is 11.8 Å². The van der Waals surface area contributed by atoms with E-state index in [2.05, 4.69) is 5.32 Å². The summed E-state index contributed by atoms with van der Waals surface area (Å²) in [6, 6.07) is 0. The number of carbonyl (C=O) groups is 1. The van der Waals surface area contributed by atoms with Gasteiger partial charge in [0.05, 0.1) is 19.5 Å². The molecule has 1 rings (SSSR count). The molecule has 7 heteroatoms. The molecule has 2 N–H and O–H groups in total. The molecule has 0 aromatic rings. The number of piperidine rings is 1. The first kappa shape index (κ1) is 13.4. The van der Waals surface area contributed by atoms with Crippen molar-refractivity contribution in [2.75, 3.05) is 26.1 Å². The SMILES string of the molecule is CCNC(=O)C1CC[NH+](C[B-](F)(F)F)CC1. The molecule has 1 amide bonds. The van der Waals surface area contributed by atoms with E-state index in [1.54, 1.807) is 0 Å². The van der Waals surface area contributed by atoms with Crippen LogP contribution in [0.1, 0.15) is 19.8 Å². The van der Waals surface area contributed by atoms with E-state index in [0.29, 0.717) is 37.4 Å². The molecule has 0 aromatic heterocycles. The Morgan fingerprint density at radius 1 is 1.38 bits per heavy atom. The van der Waals surface area contributed by atoms with Crippen LogP contribution < -0.4 is 10.2 Å². The molecule has 0 aromatic carbocycles. The Morgan fingerprint density at radius 3 is 2.38 bits per heavy atom. The summed E-state index contributed by atoms with van der Waals surface area (Å²) < 4.78 is 36.5. The topological polar surface area (TPSA) is 33.5 Å². The molecule has 16 heavy (non-hydrogen) atoms. The van der Waals surface area contributed by atoms with Gasteiger partial charge in [-0.3, -0.25) is 4.79 Å². The van der Waals surface area contributed by atoms with E-state index in [1.165, 1.54) is 0 Å². The van der Waals surface area contributed by atoms with Crippen molar-refractivity contribution in [2.45, 2.75) is 19.8 Å². The van der Waals surface area contributed by atoms with Crippen molar-refractivity contribution in [1.82, 2.24) is 5.32 Å². The summed E-state index contributed by atoms with van der Waals surface area (Å²) in [7, 11) is 0. The van der Waals surface area contributed by atoms with Crippen LogP contribution in [0.5, 0.6) is 0 Å². The van der Waals surface area contributed by atoms with Crippen LogP contribution in [0.15, 0.2) is 0 Å². The minimum absolute atomic E-state index is 0.0148. The molecule has 1 saturated heterocycles. The van der Waals surface area contributed by atoms with Crippen LogP contribution in [0.4, 0.5) is 12.9 Å². The number of amides is 1. The quantitative estimate of drug-likeness (QED) is 0.653. The zero-order valence-corrected chi connectivity index (χ0v) is 9.44. The van der Waals surface area contributed by atoms with Crippen molar-refractivity contribution < 1.29 is 22.6 Å². The molecule has 1 aliphatic rings. The number of hydrogen-bond acceptors (Lipinski definition) is 1. The van der Waals surface area contributed by atoms with Gasteiger partial charge in [-0.25, -0.2) is 0 Å². The normalized spacial score (nSPS) is 26.5. The van der Waals surface area contributed by atoms with E-state index >= 15 is 0 Å². The molecule has 0 saturated carbocycles. The fourth-order valence-corrected chi connectivity index (χ4v) is 2.14. The fourth-order valence-electron chi connectivity index (χ4n) is 2.14. The van der Waals surface area contributed by atoms with Gasteiger partial charge in [0.2, 0.25) is 5.91 Å². The minimum Gasteiger partial charge on any atom is -0.445 e. The average Bonchev–Trinajstić information content (AvgIpc) is 2.16. The molecule has 1 aliphatic heterocycles. The molecule has 0 spiro atoms. The van der Waals surface area contributed by atoms with E-state index < -0.39 is 13.4 Å². The van der Waals surface area contributed by atoms with Gasteiger partial charge in [0.1, 0.15) is 0 Å². The molecule has 0 unspecified atom stereocenters. The zero-order valence-electron chi connectivity index (χ0n) is 9.44. The molecule has 1 fully saturated rings. The van der Waals surface area contributed by atoms with Crippen molar-refractivity contribution in [2.24, 2.45) is 5.92 Å². The Bertz CT molecular complexity index is 239. The van der Waals surface area contributed by atoms with Crippen LogP contribution in [-0.4, -0.2) is 39.0 Å². The van der Waals surface area contributed by atoms with Crippen molar-refractivity contribution >= 4 is 12.9 Å². The van der Waals surface area contributed by atoms with Crippen molar-refractivity contribution in [1.29, 1.82) is 0 Å². The maximum Gasteiger partial charge on any atom is 0.531 e. The summed E-state index contributed by atoms with van der Waals surface area (Å²) >= 11 is 0. The average molecular weight is 238 g/mol. The van der Waals surface area contributed by atoms with Crippen molar-refractivity contribution in [3.63, 3.8) is 0 Å². The Morgan fingerprint density at radius 2 is 1.94 bits per heavy atom. The Balaban J connectivity index is 2.31. The van der Waals surface area contributed by atoms with Crippen LogP contribution in [0.25, 0.3) is 0 Å². The van der Waals surface area contributed by atoms with Crippen molar-refractivity contribution in [3.05, 3.63) is 0 Å². The van der Waals surface area contributed by atoms with Gasteiger partial charge in [-0.2, -0.15) is 0 Å². The van der Waals surface area contributed by atoms with Gasteiger partial charge in [-0.1, -0.05) is 0 Å². The van der Waals surface area contributed by atoms with E-state index in [9.17, 15) is 17.7 Å². The summed E-state index contributed by atoms with van der Waals surface area (Å²) in [6.45, 7) is -1.39. The number of halogens is 3. The second kappa shape index (κ2) is 5.56. The summed E-state index contributed by atoms with van der Waals surface area (Å²) in [6.07, 6.45) is 0.406. The first-order valence-corrected chi connectivity index (χ1v) is 5.74. The monoisotopic (exact) mass is 238 g/mol. The number of likely N-dealkylation sites (tertiary alicyclic amines) is 1. The molecule has 94 valence electrons. The van der Waals surface area contributed by atoms with Crippen molar-refractivity contribution in [3.8, 4) is 0 Å². The second-order valence-electron chi connectivity index (χ2n) is 4.33. The second-order valence-corrected chi connectivity index (χ2v) is 4.33. The van der Waals surface area contributed by atoms with E-state index in [4.69, 9.17) is 0 Å². The molecule has 0 aliphatic carbocycles. The molecular formula is C9H18BF3N2O. The lowest BCUT2D eigenvalue weighted by atomic mass is 9.88. The third kappa shape index (κ3) is 4.43. The molecule has 0 atom stereocenters. The highest BCUT2D eigenvalue weighted by Crippen LogP contribution is 2.10. The number of carbonyl (C=O) groups excluding carboxylic acids is 1. The van der Waals surface area contributed by atoms with Gasteiger partial charge in [0, 0.05) is 25.3 Å². The van der Waals surface area contributed by atoms with Gasteiger partial charge in [-0.05, 0) is 6.92 Å². The lowest BCUT2D eigenvalue weighted by Gasteiger charge is -2.31. The Labute approximate surface area is 93.4 Å². The minimum atomic E-state index is -4.71. The standard InChI is InChI=1S/C9H17BF3N2O/c1-2-14-9(16)8-3-5-15(6-4-8)7-10(11,12)13/h8H,2-7H2,1H3,(H,14,16)/q-1/p+1. The lowest BCUT2D eigenvalue weighted by Crippen LogP contribution is -3.15. The predicted molar refractivity (Wildman–Crippen MR) is 56.0 cm³/mol. The number of rotatable bonds is 4. The van der Waals surface area contributed by atoms with E-state index in [0.717, 1.165) is 0 Å². The van der Waals surface area contributed by atoms with Gasteiger partial charge < -0.3 is 23.2 Å². The maximum atomic E-state index is 12.2. The number of quaternary nitrogens is 1. The highest BCUT2D eigenvalue weighted by atomic mass is 19.4.